The van der Waals surface area contributed by atoms with E-state index >= 15 is 0 Å². The van der Waals surface area contributed by atoms with E-state index in [1.807, 2.05) is 0 Å². The molecule has 2 aliphatic rings. The summed E-state index contributed by atoms with van der Waals surface area (Å²) in [6.45, 7) is 2.65. The molecule has 7 nitrogen and oxygen atoms in total. The van der Waals surface area contributed by atoms with E-state index in [0.717, 1.165) is 12.8 Å². The summed E-state index contributed by atoms with van der Waals surface area (Å²) in [7, 11) is -3.56. The number of benzene rings is 1. The zero-order valence-corrected chi connectivity index (χ0v) is 14.9. The lowest BCUT2D eigenvalue weighted by atomic mass is 9.81. The normalized spacial score (nSPS) is 25.8. The number of amides is 1. The van der Waals surface area contributed by atoms with Gasteiger partial charge in [-0.1, -0.05) is 13.3 Å². The monoisotopic (exact) mass is 366 g/mol. The summed E-state index contributed by atoms with van der Waals surface area (Å²) in [6, 6.07) is 5.76. The number of hydrogen-bond donors (Lipinski definition) is 2. The Kier molecular flexibility index (Phi) is 4.59. The standard InChI is InChI=1S/C17H22N2O5S/c1-2-18-25(23,24)14-7-5-12(6-8-14)15(20)19-10-13-4-3-9-17(13,11-19)16(21)22/h5-8,13,18H,2-4,9-11H2,1H3,(H,21,22)/t13-,17+/m0/s1. The fourth-order valence-corrected chi connectivity index (χ4v) is 5.07. The summed E-state index contributed by atoms with van der Waals surface area (Å²) in [5.41, 5.74) is -0.444. The Morgan fingerprint density at radius 3 is 2.56 bits per heavy atom. The third kappa shape index (κ3) is 3.04. The maximum absolute atomic E-state index is 12.7. The van der Waals surface area contributed by atoms with Gasteiger partial charge in [-0.25, -0.2) is 13.1 Å². The van der Waals surface area contributed by atoms with Gasteiger partial charge in [0.15, 0.2) is 0 Å². The first-order chi connectivity index (χ1) is 11.8. The lowest BCUT2D eigenvalue weighted by molar-refractivity contribution is -0.149. The van der Waals surface area contributed by atoms with Crippen LogP contribution in [0.1, 0.15) is 36.5 Å². The predicted molar refractivity (Wildman–Crippen MR) is 90.6 cm³/mol. The van der Waals surface area contributed by atoms with E-state index in [0.29, 0.717) is 18.5 Å². The highest BCUT2D eigenvalue weighted by atomic mass is 32.2. The van der Waals surface area contributed by atoms with E-state index < -0.39 is 21.4 Å². The first kappa shape index (κ1) is 17.9. The van der Waals surface area contributed by atoms with Gasteiger partial charge in [-0.2, -0.15) is 0 Å². The number of nitrogens with zero attached hydrogens (tertiary/aromatic N) is 1. The number of nitrogens with one attached hydrogen (secondary N) is 1. The number of carboxylic acids is 1. The third-order valence-corrected chi connectivity index (χ3v) is 6.89. The van der Waals surface area contributed by atoms with Crippen molar-refractivity contribution in [2.24, 2.45) is 11.3 Å². The Hall–Kier alpha value is -1.93. The number of carbonyl (C=O) groups is 2. The number of sulfonamides is 1. The summed E-state index contributed by atoms with van der Waals surface area (Å²) >= 11 is 0. The van der Waals surface area contributed by atoms with Crippen LogP contribution in [0.3, 0.4) is 0 Å². The molecule has 0 bridgehead atoms. The molecular weight excluding hydrogens is 344 g/mol. The van der Waals surface area contributed by atoms with Crippen LogP contribution in [-0.2, 0) is 14.8 Å². The molecule has 0 spiro atoms. The number of aliphatic carboxylic acids is 1. The highest BCUT2D eigenvalue weighted by Crippen LogP contribution is 2.49. The molecule has 3 rings (SSSR count). The van der Waals surface area contributed by atoms with Gasteiger partial charge in [0.05, 0.1) is 10.3 Å². The number of likely N-dealkylation sites (tertiary alicyclic amines) is 1. The average molecular weight is 366 g/mol. The van der Waals surface area contributed by atoms with Gasteiger partial charge in [-0.15, -0.1) is 0 Å². The largest absolute Gasteiger partial charge is 0.481 e. The Morgan fingerprint density at radius 2 is 2.00 bits per heavy atom. The first-order valence-corrected chi connectivity index (χ1v) is 9.91. The maximum Gasteiger partial charge on any atom is 0.311 e. The minimum absolute atomic E-state index is 0.00218. The van der Waals surface area contributed by atoms with Crippen molar-refractivity contribution in [2.45, 2.75) is 31.1 Å². The molecule has 2 atom stereocenters. The zero-order valence-electron chi connectivity index (χ0n) is 14.1. The quantitative estimate of drug-likeness (QED) is 0.818. The van der Waals surface area contributed by atoms with E-state index in [2.05, 4.69) is 4.72 Å². The molecule has 0 radical (unpaired) electrons. The van der Waals surface area contributed by atoms with Gasteiger partial charge in [-0.05, 0) is 43.0 Å². The van der Waals surface area contributed by atoms with Crippen LogP contribution in [0.15, 0.2) is 29.2 Å². The van der Waals surface area contributed by atoms with Crippen LogP contribution in [-0.4, -0.2) is 49.9 Å². The van der Waals surface area contributed by atoms with E-state index in [4.69, 9.17) is 0 Å². The van der Waals surface area contributed by atoms with Crippen molar-refractivity contribution in [3.63, 3.8) is 0 Å². The summed E-state index contributed by atoms with van der Waals surface area (Å²) in [4.78, 5) is 26.1. The van der Waals surface area contributed by atoms with Crippen LogP contribution in [0.5, 0.6) is 0 Å². The van der Waals surface area contributed by atoms with E-state index in [1.54, 1.807) is 11.8 Å². The second kappa shape index (κ2) is 6.42. The summed E-state index contributed by atoms with van der Waals surface area (Å²) in [5.74, 6) is -1.07. The fourth-order valence-electron chi connectivity index (χ4n) is 4.03. The molecule has 2 N–H and O–H groups in total. The van der Waals surface area contributed by atoms with Crippen molar-refractivity contribution in [1.82, 2.24) is 9.62 Å². The van der Waals surface area contributed by atoms with Crippen LogP contribution in [0, 0.1) is 11.3 Å². The molecule has 1 aromatic carbocycles. The van der Waals surface area contributed by atoms with Crippen molar-refractivity contribution in [2.75, 3.05) is 19.6 Å². The van der Waals surface area contributed by atoms with Crippen molar-refractivity contribution < 1.29 is 23.1 Å². The second-order valence-electron chi connectivity index (χ2n) is 6.76. The first-order valence-electron chi connectivity index (χ1n) is 8.42. The molecule has 1 heterocycles. The molecule has 0 aromatic heterocycles. The smallest absolute Gasteiger partial charge is 0.311 e. The van der Waals surface area contributed by atoms with Gasteiger partial charge in [0.1, 0.15) is 0 Å². The number of carbonyl (C=O) groups excluding carboxylic acids is 1. The Bertz CT molecular complexity index is 790. The van der Waals surface area contributed by atoms with Crippen molar-refractivity contribution in [3.8, 4) is 0 Å². The second-order valence-corrected chi connectivity index (χ2v) is 8.53. The van der Waals surface area contributed by atoms with Gasteiger partial charge >= 0.3 is 5.97 Å². The lowest BCUT2D eigenvalue weighted by Gasteiger charge is -2.23. The number of carboxylic acid groups (broad SMARTS) is 1. The van der Waals surface area contributed by atoms with Crippen molar-refractivity contribution >= 4 is 21.9 Å². The van der Waals surface area contributed by atoms with Gasteiger partial charge in [-0.3, -0.25) is 9.59 Å². The number of rotatable bonds is 5. The molecule has 0 unspecified atom stereocenters. The summed E-state index contributed by atoms with van der Waals surface area (Å²) < 4.78 is 26.3. The van der Waals surface area contributed by atoms with Gasteiger partial charge in [0.2, 0.25) is 10.0 Å². The zero-order chi connectivity index (χ0) is 18.2. The van der Waals surface area contributed by atoms with Crippen LogP contribution in [0.4, 0.5) is 0 Å². The third-order valence-electron chi connectivity index (χ3n) is 5.33. The van der Waals surface area contributed by atoms with Crippen LogP contribution in [0.25, 0.3) is 0 Å². The van der Waals surface area contributed by atoms with Crippen molar-refractivity contribution in [1.29, 1.82) is 0 Å². The highest BCUT2D eigenvalue weighted by Gasteiger charge is 2.55. The van der Waals surface area contributed by atoms with Gasteiger partial charge in [0.25, 0.3) is 5.91 Å². The maximum atomic E-state index is 12.7. The Balaban J connectivity index is 1.78. The number of fused-ring (bicyclic) bond motifs is 1. The molecule has 1 amide bonds. The van der Waals surface area contributed by atoms with E-state index in [9.17, 15) is 23.1 Å². The minimum Gasteiger partial charge on any atom is -0.481 e. The molecule has 1 saturated carbocycles. The Labute approximate surface area is 147 Å². The Morgan fingerprint density at radius 1 is 1.32 bits per heavy atom. The minimum atomic E-state index is -3.56. The average Bonchev–Trinajstić information content (AvgIpc) is 3.12. The van der Waals surface area contributed by atoms with Crippen molar-refractivity contribution in [3.05, 3.63) is 29.8 Å². The molecule has 25 heavy (non-hydrogen) atoms. The van der Waals surface area contributed by atoms with Crippen LogP contribution < -0.4 is 4.72 Å². The fraction of sp³-hybridized carbons (Fsp3) is 0.529. The number of hydrogen-bond acceptors (Lipinski definition) is 4. The van der Waals surface area contributed by atoms with Gasteiger partial charge < -0.3 is 10.0 Å². The van der Waals surface area contributed by atoms with E-state index in [-0.39, 0.29) is 29.8 Å². The van der Waals surface area contributed by atoms with Crippen LogP contribution in [0.2, 0.25) is 0 Å². The molecule has 1 saturated heterocycles. The SMILES string of the molecule is CCNS(=O)(=O)c1ccc(C(=O)N2C[C@@H]3CCC[C@@]3(C(=O)O)C2)cc1. The van der Waals surface area contributed by atoms with E-state index in [1.165, 1.54) is 24.3 Å². The molecular formula is C17H22N2O5S. The molecule has 136 valence electrons. The van der Waals surface area contributed by atoms with Gasteiger partial charge in [0, 0.05) is 25.2 Å². The molecule has 2 fully saturated rings. The molecule has 1 aliphatic heterocycles. The highest BCUT2D eigenvalue weighted by molar-refractivity contribution is 7.89. The molecule has 1 aromatic rings. The summed E-state index contributed by atoms with van der Waals surface area (Å²) in [6.07, 6.45) is 2.32. The summed E-state index contributed by atoms with van der Waals surface area (Å²) in [5, 5.41) is 9.61. The topological polar surface area (TPSA) is 104 Å². The predicted octanol–water partition coefficient (Wildman–Crippen LogP) is 1.31. The molecule has 8 heteroatoms. The molecule has 1 aliphatic carbocycles. The lowest BCUT2D eigenvalue weighted by Crippen LogP contribution is -2.37. The van der Waals surface area contributed by atoms with Crippen LogP contribution >= 0.6 is 0 Å².